The molecule has 4 fully saturated rings. The minimum absolute atomic E-state index is 0.238. The average Bonchev–Trinajstić information content (AvgIpc) is 2.94. The van der Waals surface area contributed by atoms with Gasteiger partial charge in [0, 0.05) is 18.1 Å². The van der Waals surface area contributed by atoms with Gasteiger partial charge in [-0.1, -0.05) is 24.0 Å². The number of fused-ring (bicyclic) bond motifs is 2. The molecule has 2 atom stereocenters. The van der Waals surface area contributed by atoms with Gasteiger partial charge in [0.1, 0.15) is 0 Å². The van der Waals surface area contributed by atoms with E-state index >= 15 is 0 Å². The van der Waals surface area contributed by atoms with Crippen LogP contribution in [0, 0.1) is 0 Å². The van der Waals surface area contributed by atoms with Crippen molar-refractivity contribution in [2.24, 2.45) is 0 Å². The van der Waals surface area contributed by atoms with Gasteiger partial charge in [0.25, 0.3) is 0 Å². The zero-order chi connectivity index (χ0) is 13.5. The number of rotatable bonds is 1. The highest BCUT2D eigenvalue weighted by Gasteiger charge is 2.42. The first kappa shape index (κ1) is 12.7. The average molecular weight is 274 g/mol. The van der Waals surface area contributed by atoms with Crippen molar-refractivity contribution in [2.75, 3.05) is 0 Å². The second kappa shape index (κ2) is 5.09. The molecule has 2 bridgehead atoms. The highest BCUT2D eigenvalue weighted by atomic mass is 16.2. The highest BCUT2D eigenvalue weighted by Crippen LogP contribution is 2.43. The Balaban J connectivity index is 1.43. The van der Waals surface area contributed by atoms with Crippen molar-refractivity contribution in [2.45, 2.75) is 88.8 Å². The lowest BCUT2D eigenvalue weighted by molar-refractivity contribution is 0.156. The van der Waals surface area contributed by atoms with E-state index in [-0.39, 0.29) is 6.03 Å². The molecule has 2 saturated heterocycles. The summed E-state index contributed by atoms with van der Waals surface area (Å²) in [6, 6.07) is 1.69. The lowest BCUT2D eigenvalue weighted by Crippen LogP contribution is -2.51. The third kappa shape index (κ3) is 2.15. The lowest BCUT2D eigenvalue weighted by Gasteiger charge is -2.39. The second-order valence-corrected chi connectivity index (χ2v) is 7.19. The van der Waals surface area contributed by atoms with Crippen LogP contribution >= 0.6 is 0 Å². The standard InChI is InChI=1S/C17H26N2O/c20-17(18-14-6-1-2-7-14)19-15-8-9-16(19)11-13(10-15)12-4-3-5-12/h14-16H,1-11H2,(H,18,20). The molecular formula is C17H26N2O. The number of allylic oxidation sites excluding steroid dienone is 1. The minimum atomic E-state index is 0.238. The van der Waals surface area contributed by atoms with E-state index in [1.807, 2.05) is 0 Å². The third-order valence-electron chi connectivity index (χ3n) is 5.96. The van der Waals surface area contributed by atoms with Crippen molar-refractivity contribution < 1.29 is 4.79 Å². The molecule has 2 unspecified atom stereocenters. The van der Waals surface area contributed by atoms with Gasteiger partial charge in [0.2, 0.25) is 0 Å². The number of hydrogen-bond acceptors (Lipinski definition) is 1. The molecule has 3 nitrogen and oxygen atoms in total. The normalized spacial score (nSPS) is 33.5. The molecule has 4 aliphatic rings. The Labute approximate surface area is 121 Å². The van der Waals surface area contributed by atoms with Crippen LogP contribution in [0.3, 0.4) is 0 Å². The number of carbonyl (C=O) groups excluding carboxylic acids is 1. The Bertz CT molecular complexity index is 414. The summed E-state index contributed by atoms with van der Waals surface area (Å²) in [6.07, 6.45) is 13.8. The Morgan fingerprint density at radius 1 is 0.900 bits per heavy atom. The fraction of sp³-hybridized carbons (Fsp3) is 0.824. The van der Waals surface area contributed by atoms with Crippen molar-refractivity contribution in [3.63, 3.8) is 0 Å². The van der Waals surface area contributed by atoms with Crippen molar-refractivity contribution in [3.05, 3.63) is 11.1 Å². The molecule has 3 heteroatoms. The van der Waals surface area contributed by atoms with Gasteiger partial charge in [-0.25, -0.2) is 4.79 Å². The van der Waals surface area contributed by atoms with Gasteiger partial charge in [0.15, 0.2) is 0 Å². The maximum Gasteiger partial charge on any atom is 0.318 e. The fourth-order valence-electron chi connectivity index (χ4n) is 4.66. The van der Waals surface area contributed by atoms with Crippen LogP contribution in [0.15, 0.2) is 11.1 Å². The Morgan fingerprint density at radius 3 is 2.10 bits per heavy atom. The van der Waals surface area contributed by atoms with Crippen LogP contribution in [-0.2, 0) is 0 Å². The maximum absolute atomic E-state index is 12.6. The molecule has 20 heavy (non-hydrogen) atoms. The highest BCUT2D eigenvalue weighted by molar-refractivity contribution is 5.76. The first-order valence-electron chi connectivity index (χ1n) is 8.60. The van der Waals surface area contributed by atoms with Crippen LogP contribution in [0.2, 0.25) is 0 Å². The van der Waals surface area contributed by atoms with Crippen LogP contribution in [0.5, 0.6) is 0 Å². The molecule has 2 saturated carbocycles. The van der Waals surface area contributed by atoms with Gasteiger partial charge >= 0.3 is 6.03 Å². The SMILES string of the molecule is O=C(NC1CCCC1)N1C2CCC1CC(=C1CCC1)C2. The molecule has 0 aromatic carbocycles. The summed E-state index contributed by atoms with van der Waals surface area (Å²) in [6.45, 7) is 0. The number of hydrogen-bond donors (Lipinski definition) is 1. The summed E-state index contributed by atoms with van der Waals surface area (Å²) in [5, 5.41) is 3.29. The van der Waals surface area contributed by atoms with Crippen LogP contribution in [0.25, 0.3) is 0 Å². The molecule has 4 rings (SSSR count). The molecule has 2 heterocycles. The van der Waals surface area contributed by atoms with Gasteiger partial charge in [0.05, 0.1) is 0 Å². The summed E-state index contributed by atoms with van der Waals surface area (Å²) in [5.41, 5.74) is 3.45. The number of nitrogens with zero attached hydrogens (tertiary/aromatic N) is 1. The molecule has 0 spiro atoms. The Morgan fingerprint density at radius 2 is 1.55 bits per heavy atom. The van der Waals surface area contributed by atoms with E-state index in [9.17, 15) is 4.79 Å². The van der Waals surface area contributed by atoms with Gasteiger partial charge in [-0.15, -0.1) is 0 Å². The molecule has 0 aromatic heterocycles. The van der Waals surface area contributed by atoms with E-state index in [1.54, 1.807) is 11.1 Å². The van der Waals surface area contributed by atoms with E-state index in [0.717, 1.165) is 0 Å². The van der Waals surface area contributed by atoms with E-state index < -0.39 is 0 Å². The van der Waals surface area contributed by atoms with E-state index in [1.165, 1.54) is 70.6 Å². The van der Waals surface area contributed by atoms with Gasteiger partial charge in [-0.3, -0.25) is 0 Å². The third-order valence-corrected chi connectivity index (χ3v) is 5.96. The molecule has 2 aliphatic heterocycles. The molecular weight excluding hydrogens is 248 g/mol. The molecule has 2 amide bonds. The summed E-state index contributed by atoms with van der Waals surface area (Å²) in [7, 11) is 0. The van der Waals surface area contributed by atoms with Crippen LogP contribution in [0.1, 0.15) is 70.6 Å². The quantitative estimate of drug-likeness (QED) is 0.726. The predicted molar refractivity (Wildman–Crippen MR) is 79.5 cm³/mol. The molecule has 110 valence electrons. The number of piperidine rings is 1. The van der Waals surface area contributed by atoms with E-state index in [2.05, 4.69) is 10.2 Å². The van der Waals surface area contributed by atoms with Crippen molar-refractivity contribution in [1.82, 2.24) is 10.2 Å². The Kier molecular flexibility index (Phi) is 3.24. The lowest BCUT2D eigenvalue weighted by atomic mass is 9.82. The number of urea groups is 1. The fourth-order valence-corrected chi connectivity index (χ4v) is 4.66. The monoisotopic (exact) mass is 274 g/mol. The van der Waals surface area contributed by atoms with Crippen molar-refractivity contribution in [3.8, 4) is 0 Å². The molecule has 2 aliphatic carbocycles. The van der Waals surface area contributed by atoms with Crippen molar-refractivity contribution >= 4 is 6.03 Å². The topological polar surface area (TPSA) is 32.3 Å². The van der Waals surface area contributed by atoms with Crippen LogP contribution in [0.4, 0.5) is 4.79 Å². The molecule has 0 aromatic rings. The van der Waals surface area contributed by atoms with Crippen molar-refractivity contribution in [1.29, 1.82) is 0 Å². The number of nitrogens with one attached hydrogen (secondary N) is 1. The minimum Gasteiger partial charge on any atom is -0.335 e. The van der Waals surface area contributed by atoms with E-state index in [0.29, 0.717) is 18.1 Å². The van der Waals surface area contributed by atoms with Gasteiger partial charge in [-0.05, 0) is 57.8 Å². The first-order valence-corrected chi connectivity index (χ1v) is 8.60. The number of amides is 2. The largest absolute Gasteiger partial charge is 0.335 e. The number of carbonyl (C=O) groups is 1. The van der Waals surface area contributed by atoms with Gasteiger partial charge in [-0.2, -0.15) is 0 Å². The Hall–Kier alpha value is -0.990. The molecule has 1 N–H and O–H groups in total. The van der Waals surface area contributed by atoms with Crippen LogP contribution < -0.4 is 5.32 Å². The predicted octanol–water partition coefficient (Wildman–Crippen LogP) is 3.75. The van der Waals surface area contributed by atoms with E-state index in [4.69, 9.17) is 0 Å². The zero-order valence-corrected chi connectivity index (χ0v) is 12.4. The smallest absolute Gasteiger partial charge is 0.318 e. The maximum atomic E-state index is 12.6. The summed E-state index contributed by atoms with van der Waals surface area (Å²) < 4.78 is 0. The molecule has 0 radical (unpaired) electrons. The van der Waals surface area contributed by atoms with Crippen LogP contribution in [-0.4, -0.2) is 29.1 Å². The summed E-state index contributed by atoms with van der Waals surface area (Å²) >= 11 is 0. The second-order valence-electron chi connectivity index (χ2n) is 7.19. The first-order chi connectivity index (χ1) is 9.81. The summed E-state index contributed by atoms with van der Waals surface area (Å²) in [4.78, 5) is 14.8. The zero-order valence-electron chi connectivity index (χ0n) is 12.4. The summed E-state index contributed by atoms with van der Waals surface area (Å²) in [5.74, 6) is 0. The van der Waals surface area contributed by atoms with Gasteiger partial charge < -0.3 is 10.2 Å².